The fourth-order valence-corrected chi connectivity index (χ4v) is 3.46. The van der Waals surface area contributed by atoms with E-state index in [9.17, 15) is 31.5 Å². The second kappa shape index (κ2) is 11.0. The van der Waals surface area contributed by atoms with Crippen molar-refractivity contribution in [2.24, 2.45) is 0 Å². The number of halogens is 5. The lowest BCUT2D eigenvalue weighted by Crippen LogP contribution is -2.26. The van der Waals surface area contributed by atoms with Crippen molar-refractivity contribution < 1.29 is 50.5 Å². The number of alkyl halides is 2. The maximum atomic E-state index is 14.5. The van der Waals surface area contributed by atoms with Crippen LogP contribution in [0.5, 0.6) is 11.5 Å². The predicted octanol–water partition coefficient (Wildman–Crippen LogP) is 4.18. The average Bonchev–Trinajstić information content (AvgIpc) is 2.89. The molecule has 1 N–H and O–H groups in total. The molecule has 0 fully saturated rings. The number of allylic oxidation sites excluding steroid dienone is 2. The highest BCUT2D eigenvalue weighted by molar-refractivity contribution is 6.20. The first kappa shape index (κ1) is 27.4. The van der Waals surface area contributed by atoms with Crippen LogP contribution in [0.4, 0.5) is 27.8 Å². The summed E-state index contributed by atoms with van der Waals surface area (Å²) in [4.78, 5) is 33.3. The van der Waals surface area contributed by atoms with Crippen LogP contribution < -0.4 is 14.8 Å². The van der Waals surface area contributed by atoms with E-state index in [-0.39, 0.29) is 30.3 Å². The molecule has 1 heterocycles. The first-order valence-electron chi connectivity index (χ1n) is 11.0. The summed E-state index contributed by atoms with van der Waals surface area (Å²) < 4.78 is 89.6. The van der Waals surface area contributed by atoms with Crippen LogP contribution in [0.1, 0.15) is 5.56 Å². The molecule has 3 aromatic rings. The van der Waals surface area contributed by atoms with Gasteiger partial charge in [0.25, 0.3) is 0 Å². The van der Waals surface area contributed by atoms with Crippen LogP contribution in [0.25, 0.3) is 10.9 Å². The van der Waals surface area contributed by atoms with Crippen LogP contribution in [0.3, 0.4) is 0 Å². The fraction of sp³-hybridized carbons (Fsp3) is 0.200. The van der Waals surface area contributed by atoms with Gasteiger partial charge < -0.3 is 24.3 Å². The first-order valence-corrected chi connectivity index (χ1v) is 11.0. The van der Waals surface area contributed by atoms with Gasteiger partial charge in [-0.3, -0.25) is 9.59 Å². The zero-order chi connectivity index (χ0) is 28.3. The molecule has 39 heavy (non-hydrogen) atoms. The van der Waals surface area contributed by atoms with Crippen molar-refractivity contribution in [3.63, 3.8) is 0 Å². The zero-order valence-corrected chi connectivity index (χ0v) is 20.2. The molecular formula is C25H18F5N3O6. The van der Waals surface area contributed by atoms with E-state index in [2.05, 4.69) is 20.0 Å². The molecule has 0 saturated heterocycles. The van der Waals surface area contributed by atoms with Crippen molar-refractivity contribution in [1.29, 1.82) is 0 Å². The molecule has 9 nitrogen and oxygen atoms in total. The second-order valence-corrected chi connectivity index (χ2v) is 7.85. The summed E-state index contributed by atoms with van der Waals surface area (Å²) in [6.45, 7) is 0.555. The zero-order valence-electron chi connectivity index (χ0n) is 20.2. The number of nitrogens with one attached hydrogen (secondary N) is 1. The molecular weight excluding hydrogens is 533 g/mol. The molecule has 14 heteroatoms. The van der Waals surface area contributed by atoms with Gasteiger partial charge in [0.15, 0.2) is 34.7 Å². The molecule has 0 amide bonds. The Morgan fingerprint density at radius 2 is 1.69 bits per heavy atom. The van der Waals surface area contributed by atoms with Gasteiger partial charge in [-0.05, 0) is 18.2 Å². The summed E-state index contributed by atoms with van der Waals surface area (Å²) in [7, 11) is 2.92. The number of carbonyl (C=O) groups excluding carboxylic acids is 2. The van der Waals surface area contributed by atoms with Crippen LogP contribution in [0, 0.1) is 17.5 Å². The topological polar surface area (TPSA) is 109 Å². The van der Waals surface area contributed by atoms with E-state index >= 15 is 0 Å². The highest BCUT2D eigenvalue weighted by Gasteiger charge is 2.42. The molecule has 0 atom stereocenters. The van der Waals surface area contributed by atoms with Gasteiger partial charge in [-0.2, -0.15) is 8.78 Å². The molecule has 1 aliphatic rings. The second-order valence-electron chi connectivity index (χ2n) is 7.85. The number of hydrogen-bond donors (Lipinski definition) is 1. The van der Waals surface area contributed by atoms with E-state index in [1.807, 2.05) is 0 Å². The summed E-state index contributed by atoms with van der Waals surface area (Å²) in [6, 6.07) is 3.61. The lowest BCUT2D eigenvalue weighted by atomic mass is 10.1. The Kier molecular flexibility index (Phi) is 7.76. The van der Waals surface area contributed by atoms with E-state index < -0.39 is 46.4 Å². The number of benzene rings is 2. The van der Waals surface area contributed by atoms with Gasteiger partial charge in [-0.25, -0.2) is 23.1 Å². The van der Waals surface area contributed by atoms with E-state index in [0.29, 0.717) is 41.2 Å². The van der Waals surface area contributed by atoms with Crippen molar-refractivity contribution in [1.82, 2.24) is 9.97 Å². The number of methoxy groups -OCH3 is 2. The molecule has 2 aromatic carbocycles. The number of hydrogen-bond acceptors (Lipinski definition) is 9. The largest absolute Gasteiger partial charge is 0.493 e. The highest BCUT2D eigenvalue weighted by Crippen LogP contribution is 2.37. The maximum Gasteiger partial charge on any atom is 0.429 e. The van der Waals surface area contributed by atoms with Gasteiger partial charge in [0.1, 0.15) is 24.3 Å². The quantitative estimate of drug-likeness (QED) is 0.172. The van der Waals surface area contributed by atoms with E-state index in [1.165, 1.54) is 26.6 Å². The van der Waals surface area contributed by atoms with E-state index in [0.717, 1.165) is 0 Å². The molecule has 0 bridgehead atoms. The molecule has 204 valence electrons. The summed E-state index contributed by atoms with van der Waals surface area (Å²) in [5.41, 5.74) is -1.64. The molecule has 4 rings (SSSR count). The number of rotatable bonds is 10. The Morgan fingerprint density at radius 1 is 0.923 bits per heavy atom. The van der Waals surface area contributed by atoms with Crippen LogP contribution in [0.15, 0.2) is 54.2 Å². The molecule has 0 unspecified atom stereocenters. The Hall–Kier alpha value is -4.59. The minimum atomic E-state index is -4.61. The van der Waals surface area contributed by atoms with Gasteiger partial charge >= 0.3 is 6.11 Å². The Labute approximate surface area is 216 Å². The molecule has 1 aromatic heterocycles. The third-order valence-electron chi connectivity index (χ3n) is 5.35. The average molecular weight is 551 g/mol. The maximum absolute atomic E-state index is 14.5. The van der Waals surface area contributed by atoms with E-state index in [1.54, 1.807) is 6.07 Å². The van der Waals surface area contributed by atoms with Crippen LogP contribution >= 0.6 is 0 Å². The number of nitrogens with zero attached hydrogens (tertiary/aromatic N) is 2. The molecule has 0 aliphatic heterocycles. The van der Waals surface area contributed by atoms with Crippen molar-refractivity contribution in [3.05, 3.63) is 77.2 Å². The number of anilines is 1. The Morgan fingerprint density at radius 3 is 2.41 bits per heavy atom. The minimum Gasteiger partial charge on any atom is -0.493 e. The summed E-state index contributed by atoms with van der Waals surface area (Å²) >= 11 is 0. The highest BCUT2D eigenvalue weighted by atomic mass is 19.3. The van der Waals surface area contributed by atoms with Gasteiger partial charge in [0, 0.05) is 30.7 Å². The van der Waals surface area contributed by atoms with Gasteiger partial charge in [0.2, 0.25) is 11.6 Å². The number of aromatic nitrogens is 2. The van der Waals surface area contributed by atoms with Gasteiger partial charge in [0.05, 0.1) is 24.9 Å². The number of fused-ring (bicyclic) bond motifs is 1. The third kappa shape index (κ3) is 5.65. The van der Waals surface area contributed by atoms with Crippen LogP contribution in [-0.4, -0.2) is 49.0 Å². The lowest BCUT2D eigenvalue weighted by molar-refractivity contribution is -0.226. The third-order valence-corrected chi connectivity index (χ3v) is 5.35. The SMILES string of the molecule is COCCOc1cc2ncnc(NC3=CC(=O)C(OC(F)(F)c4ccc(F)c(F)c4F)=CC3=O)c2cc1OC. The number of ether oxygens (including phenoxy) is 4. The fourth-order valence-electron chi connectivity index (χ4n) is 3.46. The van der Waals surface area contributed by atoms with Crippen LogP contribution in [0.2, 0.25) is 0 Å². The monoisotopic (exact) mass is 551 g/mol. The minimum absolute atomic E-state index is 0.0705. The normalized spacial score (nSPS) is 13.7. The predicted molar refractivity (Wildman–Crippen MR) is 125 cm³/mol. The van der Waals surface area contributed by atoms with Crippen molar-refractivity contribution in [2.75, 3.05) is 32.8 Å². The molecule has 0 saturated carbocycles. The first-order chi connectivity index (χ1) is 18.6. The van der Waals surface area contributed by atoms with Crippen LogP contribution in [-0.2, 0) is 25.2 Å². The molecule has 1 aliphatic carbocycles. The lowest BCUT2D eigenvalue weighted by Gasteiger charge is -2.21. The standard InChI is InChI=1S/C25H18F5N3O6/c1-36-5-6-38-21-9-15-12(7-20(21)37-2)24(32-11-31-15)33-16-8-18(35)19(10-17(16)34)39-25(29,30)13-3-4-14(26)23(28)22(13)27/h3-4,7-11H,5-6H2,1-2H3,(H,31,32,33). The van der Waals surface area contributed by atoms with Gasteiger partial charge in [-0.15, -0.1) is 0 Å². The van der Waals surface area contributed by atoms with Crippen molar-refractivity contribution >= 4 is 28.3 Å². The van der Waals surface area contributed by atoms with Crippen molar-refractivity contribution in [2.45, 2.75) is 6.11 Å². The van der Waals surface area contributed by atoms with Crippen molar-refractivity contribution in [3.8, 4) is 11.5 Å². The summed E-state index contributed by atoms with van der Waals surface area (Å²) in [6.07, 6.45) is -2.32. The molecule has 0 radical (unpaired) electrons. The smallest absolute Gasteiger partial charge is 0.429 e. The number of carbonyl (C=O) groups is 2. The number of ketones is 2. The van der Waals surface area contributed by atoms with E-state index in [4.69, 9.17) is 14.2 Å². The molecule has 0 spiro atoms. The van der Waals surface area contributed by atoms with Gasteiger partial charge in [-0.1, -0.05) is 0 Å². The summed E-state index contributed by atoms with van der Waals surface area (Å²) in [5.74, 6) is -8.62. The summed E-state index contributed by atoms with van der Waals surface area (Å²) in [5, 5.41) is 3.01. The Bertz CT molecular complexity index is 1530. The Balaban J connectivity index is 1.57.